The van der Waals surface area contributed by atoms with Gasteiger partial charge >= 0.3 is 0 Å². The molecule has 10 heteroatoms. The van der Waals surface area contributed by atoms with E-state index in [0.717, 1.165) is 69.1 Å². The predicted molar refractivity (Wildman–Crippen MR) is 150 cm³/mol. The van der Waals surface area contributed by atoms with Crippen molar-refractivity contribution in [1.29, 1.82) is 0 Å². The van der Waals surface area contributed by atoms with Crippen molar-refractivity contribution in [3.05, 3.63) is 53.3 Å². The third kappa shape index (κ3) is 7.03. The van der Waals surface area contributed by atoms with Gasteiger partial charge in [0.05, 0.1) is 38.0 Å². The highest BCUT2D eigenvalue weighted by atomic mass is 16.5. The van der Waals surface area contributed by atoms with Gasteiger partial charge in [-0.2, -0.15) is 0 Å². The zero-order valence-corrected chi connectivity index (χ0v) is 23.4. The molecule has 4 heterocycles. The minimum Gasteiger partial charge on any atom is -0.494 e. The van der Waals surface area contributed by atoms with Crippen LogP contribution in [0.3, 0.4) is 0 Å². The Morgan fingerprint density at radius 1 is 1.02 bits per heavy atom. The number of aryl methyl sites for hydroxylation is 1. The van der Waals surface area contributed by atoms with Gasteiger partial charge in [-0.15, -0.1) is 0 Å². The SMILES string of the molecule is Cc1[nH]ccc1C(=O)N1CCCCOc2cccc(c2)[C@H]2CN(C(=O)CCCN3CCOCC3)C[C@@H]2NC(=O)C1. The lowest BCUT2D eigenvalue weighted by Gasteiger charge is -2.26. The second kappa shape index (κ2) is 13.3. The molecule has 0 radical (unpaired) electrons. The molecule has 216 valence electrons. The van der Waals surface area contributed by atoms with E-state index in [1.165, 1.54) is 0 Å². The number of hydrogen-bond donors (Lipinski definition) is 2. The number of carbonyl (C=O) groups is 3. The first-order chi connectivity index (χ1) is 19.5. The van der Waals surface area contributed by atoms with E-state index in [4.69, 9.17) is 9.47 Å². The molecule has 10 nitrogen and oxygen atoms in total. The molecule has 2 aromatic rings. The van der Waals surface area contributed by atoms with Crippen LogP contribution in [0.2, 0.25) is 0 Å². The largest absolute Gasteiger partial charge is 0.494 e. The van der Waals surface area contributed by atoms with Crippen molar-refractivity contribution in [3.8, 4) is 5.75 Å². The zero-order chi connectivity index (χ0) is 27.9. The average molecular weight is 552 g/mol. The van der Waals surface area contributed by atoms with Crippen molar-refractivity contribution >= 4 is 17.7 Å². The Kier molecular flexibility index (Phi) is 9.38. The Labute approximate surface area is 236 Å². The summed E-state index contributed by atoms with van der Waals surface area (Å²) in [5.41, 5.74) is 2.40. The second-order valence-corrected chi connectivity index (χ2v) is 11.0. The van der Waals surface area contributed by atoms with E-state index < -0.39 is 0 Å². The van der Waals surface area contributed by atoms with Crippen LogP contribution in [0, 0.1) is 6.92 Å². The fraction of sp³-hybridized carbons (Fsp3) is 0.567. The van der Waals surface area contributed by atoms with Crippen LogP contribution in [0.4, 0.5) is 0 Å². The number of H-pyrrole nitrogens is 1. The molecule has 2 atom stereocenters. The number of aromatic amines is 1. The van der Waals surface area contributed by atoms with Crippen molar-refractivity contribution < 1.29 is 23.9 Å². The number of rotatable bonds is 5. The van der Waals surface area contributed by atoms with Crippen LogP contribution in [0.1, 0.15) is 53.2 Å². The molecule has 1 aromatic carbocycles. The highest BCUT2D eigenvalue weighted by Gasteiger charge is 2.37. The molecule has 1 aromatic heterocycles. The van der Waals surface area contributed by atoms with E-state index in [9.17, 15) is 14.4 Å². The topological polar surface area (TPSA) is 107 Å². The van der Waals surface area contributed by atoms with Crippen molar-refractivity contribution in [2.75, 3.05) is 65.6 Å². The number of hydrogen-bond acceptors (Lipinski definition) is 6. The first-order valence-electron chi connectivity index (χ1n) is 14.5. The van der Waals surface area contributed by atoms with Gasteiger partial charge in [-0.05, 0) is 56.5 Å². The standard InChI is InChI=1S/C30H41N5O5/c1-22-25(9-10-31-22)30(38)34-12-2-3-15-40-24-7-4-6-23(18-24)26-19-35(20-27(26)32-28(36)21-34)29(37)8-5-11-33-13-16-39-17-14-33/h4,6-7,9-10,18,26-27,31H,2-3,5,8,11-17,19-21H2,1H3,(H,32,36)/t26-,27+/m1/s1. The third-order valence-corrected chi connectivity index (χ3v) is 8.17. The number of nitrogens with one attached hydrogen (secondary N) is 2. The number of nitrogens with zero attached hydrogens (tertiary/aromatic N) is 3. The summed E-state index contributed by atoms with van der Waals surface area (Å²) in [6.07, 6.45) is 4.51. The number of ether oxygens (including phenoxy) is 2. The van der Waals surface area contributed by atoms with Crippen molar-refractivity contribution in [2.45, 2.75) is 44.6 Å². The van der Waals surface area contributed by atoms with Gasteiger partial charge in [0.15, 0.2) is 0 Å². The predicted octanol–water partition coefficient (Wildman–Crippen LogP) is 2.16. The summed E-state index contributed by atoms with van der Waals surface area (Å²) in [6, 6.07) is 9.50. The molecule has 40 heavy (non-hydrogen) atoms. The van der Waals surface area contributed by atoms with Crippen molar-refractivity contribution in [3.63, 3.8) is 0 Å². The van der Waals surface area contributed by atoms with Crippen LogP contribution >= 0.6 is 0 Å². The maximum absolute atomic E-state index is 13.4. The van der Waals surface area contributed by atoms with Gasteiger partial charge < -0.3 is 29.6 Å². The highest BCUT2D eigenvalue weighted by molar-refractivity contribution is 5.97. The van der Waals surface area contributed by atoms with E-state index in [0.29, 0.717) is 38.2 Å². The van der Waals surface area contributed by atoms with Crippen molar-refractivity contribution in [2.24, 2.45) is 0 Å². The average Bonchev–Trinajstić information content (AvgIpc) is 3.58. The number of morpholine rings is 1. The molecule has 0 aliphatic carbocycles. The van der Waals surface area contributed by atoms with E-state index in [1.807, 2.05) is 36.1 Å². The second-order valence-electron chi connectivity index (χ2n) is 11.0. The summed E-state index contributed by atoms with van der Waals surface area (Å²) in [6.45, 7) is 8.01. The molecule has 0 spiro atoms. The van der Waals surface area contributed by atoms with Crippen molar-refractivity contribution in [1.82, 2.24) is 25.0 Å². The van der Waals surface area contributed by atoms with Gasteiger partial charge in [0.1, 0.15) is 5.75 Å². The van der Waals surface area contributed by atoms with E-state index in [1.54, 1.807) is 17.2 Å². The van der Waals surface area contributed by atoms with Gasteiger partial charge in [0, 0.05) is 57.0 Å². The lowest BCUT2D eigenvalue weighted by atomic mass is 9.94. The fourth-order valence-corrected chi connectivity index (χ4v) is 5.89. The molecule has 3 amide bonds. The van der Waals surface area contributed by atoms with Crippen LogP contribution < -0.4 is 10.1 Å². The summed E-state index contributed by atoms with van der Waals surface area (Å²) in [7, 11) is 0. The Hall–Kier alpha value is -3.37. The molecule has 2 bridgehead atoms. The Bertz CT molecular complexity index is 1180. The minimum absolute atomic E-state index is 0.0267. The fourth-order valence-electron chi connectivity index (χ4n) is 5.89. The van der Waals surface area contributed by atoms with Crippen LogP contribution in [0.5, 0.6) is 5.75 Å². The lowest BCUT2D eigenvalue weighted by Crippen LogP contribution is -2.47. The van der Waals surface area contributed by atoms with Crippen LogP contribution in [-0.4, -0.2) is 109 Å². The maximum atomic E-state index is 13.4. The summed E-state index contributed by atoms with van der Waals surface area (Å²) in [4.78, 5) is 48.8. The first kappa shape index (κ1) is 28.2. The van der Waals surface area contributed by atoms with Gasteiger partial charge in [-0.1, -0.05) is 12.1 Å². The van der Waals surface area contributed by atoms with Crippen LogP contribution in [0.15, 0.2) is 36.5 Å². The summed E-state index contributed by atoms with van der Waals surface area (Å²) < 4.78 is 11.5. The monoisotopic (exact) mass is 551 g/mol. The molecule has 2 N–H and O–H groups in total. The Balaban J connectivity index is 1.29. The maximum Gasteiger partial charge on any atom is 0.256 e. The summed E-state index contributed by atoms with van der Waals surface area (Å²) >= 11 is 0. The molecule has 0 saturated carbocycles. The molecule has 2 saturated heterocycles. The Morgan fingerprint density at radius 2 is 1.88 bits per heavy atom. The highest BCUT2D eigenvalue weighted by Crippen LogP contribution is 2.31. The molecule has 3 aliphatic rings. The number of carbonyl (C=O) groups excluding carboxylic acids is 3. The number of amides is 3. The number of fused-ring (bicyclic) bond motifs is 4. The van der Waals surface area contributed by atoms with Crippen LogP contribution in [0.25, 0.3) is 0 Å². The molecular weight excluding hydrogens is 510 g/mol. The molecular formula is C30H41N5O5. The van der Waals surface area contributed by atoms with Gasteiger partial charge in [0.2, 0.25) is 11.8 Å². The lowest BCUT2D eigenvalue weighted by molar-refractivity contribution is -0.130. The van der Waals surface area contributed by atoms with E-state index in [-0.39, 0.29) is 36.2 Å². The quantitative estimate of drug-likeness (QED) is 0.590. The van der Waals surface area contributed by atoms with Gasteiger partial charge in [-0.3, -0.25) is 19.3 Å². The number of benzene rings is 1. The third-order valence-electron chi connectivity index (χ3n) is 8.17. The summed E-state index contributed by atoms with van der Waals surface area (Å²) in [5, 5.41) is 3.18. The Morgan fingerprint density at radius 3 is 2.67 bits per heavy atom. The first-order valence-corrected chi connectivity index (χ1v) is 14.5. The number of likely N-dealkylation sites (tertiary alicyclic amines) is 1. The van der Waals surface area contributed by atoms with Gasteiger partial charge in [-0.25, -0.2) is 0 Å². The molecule has 2 fully saturated rings. The van der Waals surface area contributed by atoms with E-state index >= 15 is 0 Å². The normalized spacial score (nSPS) is 22.7. The van der Waals surface area contributed by atoms with Gasteiger partial charge in [0.25, 0.3) is 5.91 Å². The molecule has 0 unspecified atom stereocenters. The van der Waals surface area contributed by atoms with Crippen LogP contribution in [-0.2, 0) is 14.3 Å². The number of aromatic nitrogens is 1. The molecule has 5 rings (SSSR count). The summed E-state index contributed by atoms with van der Waals surface area (Å²) in [5.74, 6) is 0.468. The molecule has 3 aliphatic heterocycles. The minimum atomic E-state index is -0.250. The van der Waals surface area contributed by atoms with E-state index in [2.05, 4.69) is 15.2 Å². The smallest absolute Gasteiger partial charge is 0.256 e. The zero-order valence-electron chi connectivity index (χ0n) is 23.4.